The molecule has 114 valence electrons. The molecule has 0 bridgehead atoms. The Morgan fingerprint density at radius 1 is 1.40 bits per heavy atom. The van der Waals surface area contributed by atoms with Gasteiger partial charge in [0.2, 0.25) is 0 Å². The monoisotopic (exact) mass is 281 g/mol. The van der Waals surface area contributed by atoms with Crippen LogP contribution in [0.15, 0.2) is 6.20 Å². The van der Waals surface area contributed by atoms with Crippen LogP contribution in [0, 0.1) is 5.92 Å². The van der Waals surface area contributed by atoms with Crippen LogP contribution < -0.4 is 0 Å². The third kappa shape index (κ3) is 4.34. The number of aryl methyl sites for hydroxylation is 1. The molecule has 0 N–H and O–H groups in total. The molecule has 1 aromatic heterocycles. The Morgan fingerprint density at radius 2 is 2.05 bits per heavy atom. The van der Waals surface area contributed by atoms with Gasteiger partial charge >= 0.3 is 5.97 Å². The number of carbonyl (C=O) groups is 1. The molecule has 0 aliphatic heterocycles. The van der Waals surface area contributed by atoms with Crippen LogP contribution >= 0.6 is 0 Å². The van der Waals surface area contributed by atoms with Gasteiger partial charge in [-0.2, -0.15) is 5.10 Å². The number of esters is 1. The molecule has 1 heterocycles. The minimum Gasteiger partial charge on any atom is -0.462 e. The summed E-state index contributed by atoms with van der Waals surface area (Å²) >= 11 is 0. The zero-order chi connectivity index (χ0) is 15.3. The Labute approximate surface area is 121 Å². The maximum Gasteiger partial charge on any atom is 0.341 e. The van der Waals surface area contributed by atoms with E-state index in [1.807, 2.05) is 14.0 Å². The summed E-state index contributed by atoms with van der Waals surface area (Å²) in [4.78, 5) is 14.3. The Hall–Kier alpha value is -1.36. The number of rotatable bonds is 7. The van der Waals surface area contributed by atoms with E-state index >= 15 is 0 Å². The van der Waals surface area contributed by atoms with E-state index in [9.17, 15) is 4.79 Å². The smallest absolute Gasteiger partial charge is 0.341 e. The molecule has 0 saturated heterocycles. The molecule has 1 aromatic rings. The average Bonchev–Trinajstić information content (AvgIpc) is 2.70. The van der Waals surface area contributed by atoms with Crippen molar-refractivity contribution in [3.63, 3.8) is 0 Å². The van der Waals surface area contributed by atoms with E-state index in [2.05, 4.69) is 37.7 Å². The highest BCUT2D eigenvalue weighted by Gasteiger charge is 2.21. The fourth-order valence-corrected chi connectivity index (χ4v) is 2.15. The van der Waals surface area contributed by atoms with Crippen molar-refractivity contribution in [3.05, 3.63) is 17.5 Å². The van der Waals surface area contributed by atoms with Gasteiger partial charge < -0.3 is 4.74 Å². The molecule has 1 rings (SSSR count). The Bertz CT molecular complexity index is 438. The van der Waals surface area contributed by atoms with Crippen LogP contribution in [0.4, 0.5) is 0 Å². The van der Waals surface area contributed by atoms with E-state index in [0.717, 1.165) is 12.2 Å². The SMILES string of the molecule is CCOC(=O)c1cnn(C)c1CN(CC(C)C)C(C)C. The molecule has 0 fully saturated rings. The second-order valence-corrected chi connectivity index (χ2v) is 5.77. The van der Waals surface area contributed by atoms with E-state index in [1.54, 1.807) is 10.9 Å². The van der Waals surface area contributed by atoms with Gasteiger partial charge in [-0.05, 0) is 26.7 Å². The minimum absolute atomic E-state index is 0.288. The molecule has 0 aliphatic rings. The summed E-state index contributed by atoms with van der Waals surface area (Å²) in [6, 6.07) is 0.419. The number of carbonyl (C=O) groups excluding carboxylic acids is 1. The lowest BCUT2D eigenvalue weighted by molar-refractivity contribution is 0.0522. The maximum atomic E-state index is 12.0. The number of nitrogens with zero attached hydrogens (tertiary/aromatic N) is 3. The van der Waals surface area contributed by atoms with Crippen LogP contribution in [0.5, 0.6) is 0 Å². The van der Waals surface area contributed by atoms with E-state index < -0.39 is 0 Å². The lowest BCUT2D eigenvalue weighted by Gasteiger charge is -2.28. The predicted octanol–water partition coefficient (Wildman–Crippen LogP) is 2.46. The largest absolute Gasteiger partial charge is 0.462 e. The summed E-state index contributed by atoms with van der Waals surface area (Å²) in [7, 11) is 1.87. The van der Waals surface area contributed by atoms with Gasteiger partial charge in [-0.1, -0.05) is 13.8 Å². The normalized spacial score (nSPS) is 11.7. The first kappa shape index (κ1) is 16.7. The summed E-state index contributed by atoms with van der Waals surface area (Å²) in [5, 5.41) is 4.20. The van der Waals surface area contributed by atoms with Crippen molar-refractivity contribution < 1.29 is 9.53 Å². The van der Waals surface area contributed by atoms with Crippen molar-refractivity contribution in [2.24, 2.45) is 13.0 Å². The Morgan fingerprint density at radius 3 is 2.55 bits per heavy atom. The third-order valence-electron chi connectivity index (χ3n) is 3.24. The molecule has 0 radical (unpaired) electrons. The average molecular weight is 281 g/mol. The summed E-state index contributed by atoms with van der Waals surface area (Å²) in [5.41, 5.74) is 1.49. The number of hydrogen-bond donors (Lipinski definition) is 0. The van der Waals surface area contributed by atoms with Crippen molar-refractivity contribution in [2.75, 3.05) is 13.2 Å². The Balaban J connectivity index is 2.94. The second-order valence-electron chi connectivity index (χ2n) is 5.77. The number of aromatic nitrogens is 2. The third-order valence-corrected chi connectivity index (χ3v) is 3.24. The van der Waals surface area contributed by atoms with Crippen molar-refractivity contribution in [1.82, 2.24) is 14.7 Å². The lowest BCUT2D eigenvalue weighted by Crippen LogP contribution is -2.34. The van der Waals surface area contributed by atoms with Gasteiger partial charge in [0.1, 0.15) is 5.56 Å². The van der Waals surface area contributed by atoms with Gasteiger partial charge in [-0.25, -0.2) is 4.79 Å². The molecule has 20 heavy (non-hydrogen) atoms. The first-order valence-electron chi connectivity index (χ1n) is 7.28. The summed E-state index contributed by atoms with van der Waals surface area (Å²) in [5.74, 6) is 0.292. The molecule has 5 nitrogen and oxygen atoms in total. The van der Waals surface area contributed by atoms with E-state index in [-0.39, 0.29) is 5.97 Å². The molecule has 0 spiro atoms. The van der Waals surface area contributed by atoms with Crippen LogP contribution in [0.2, 0.25) is 0 Å². The van der Waals surface area contributed by atoms with Crippen LogP contribution in [0.3, 0.4) is 0 Å². The fourth-order valence-electron chi connectivity index (χ4n) is 2.15. The standard InChI is InChI=1S/C15H27N3O2/c1-7-20-15(19)13-8-16-17(6)14(13)10-18(12(4)5)9-11(2)3/h8,11-12H,7,9-10H2,1-6H3. The molecule has 0 aliphatic carbocycles. The van der Waals surface area contributed by atoms with Gasteiger partial charge in [0.05, 0.1) is 18.5 Å². The Kier molecular flexibility index (Phi) is 6.20. The van der Waals surface area contributed by atoms with Crippen LogP contribution in [0.1, 0.15) is 50.7 Å². The van der Waals surface area contributed by atoms with E-state index in [0.29, 0.717) is 30.7 Å². The summed E-state index contributed by atoms with van der Waals surface area (Å²) in [6.07, 6.45) is 1.60. The molecule has 0 atom stereocenters. The molecule has 0 aromatic carbocycles. The molecular formula is C15H27N3O2. The highest BCUT2D eigenvalue weighted by Crippen LogP contribution is 2.15. The second kappa shape index (κ2) is 7.43. The van der Waals surface area contributed by atoms with E-state index in [4.69, 9.17) is 4.74 Å². The highest BCUT2D eigenvalue weighted by atomic mass is 16.5. The van der Waals surface area contributed by atoms with Crippen molar-refractivity contribution >= 4 is 5.97 Å². The van der Waals surface area contributed by atoms with Crippen LogP contribution in [0.25, 0.3) is 0 Å². The van der Waals surface area contributed by atoms with Gasteiger partial charge in [0.25, 0.3) is 0 Å². The summed E-state index contributed by atoms with van der Waals surface area (Å²) in [6.45, 7) is 12.6. The number of ether oxygens (including phenoxy) is 1. The van der Waals surface area contributed by atoms with E-state index in [1.165, 1.54) is 0 Å². The van der Waals surface area contributed by atoms with Gasteiger partial charge in [-0.3, -0.25) is 9.58 Å². The quantitative estimate of drug-likeness (QED) is 0.720. The topological polar surface area (TPSA) is 47.4 Å². The first-order chi connectivity index (χ1) is 9.36. The fraction of sp³-hybridized carbons (Fsp3) is 0.733. The minimum atomic E-state index is -0.288. The van der Waals surface area contributed by atoms with Crippen molar-refractivity contribution in [1.29, 1.82) is 0 Å². The molecule has 0 amide bonds. The lowest BCUT2D eigenvalue weighted by atomic mass is 10.1. The van der Waals surface area contributed by atoms with Crippen LogP contribution in [-0.2, 0) is 18.3 Å². The first-order valence-corrected chi connectivity index (χ1v) is 7.28. The molecule has 0 unspecified atom stereocenters. The molecule has 5 heteroatoms. The maximum absolute atomic E-state index is 12.0. The molecular weight excluding hydrogens is 254 g/mol. The molecule has 0 saturated carbocycles. The zero-order valence-corrected chi connectivity index (χ0v) is 13.5. The van der Waals surface area contributed by atoms with Gasteiger partial charge in [0, 0.05) is 26.2 Å². The van der Waals surface area contributed by atoms with Crippen LogP contribution in [-0.4, -0.2) is 39.8 Å². The van der Waals surface area contributed by atoms with Crippen molar-refractivity contribution in [2.45, 2.75) is 47.2 Å². The van der Waals surface area contributed by atoms with Gasteiger partial charge in [0.15, 0.2) is 0 Å². The zero-order valence-electron chi connectivity index (χ0n) is 13.5. The highest BCUT2D eigenvalue weighted by molar-refractivity contribution is 5.90. The summed E-state index contributed by atoms with van der Waals surface area (Å²) < 4.78 is 6.86. The van der Waals surface area contributed by atoms with Crippen molar-refractivity contribution in [3.8, 4) is 0 Å². The van der Waals surface area contributed by atoms with Gasteiger partial charge in [-0.15, -0.1) is 0 Å². The number of hydrogen-bond acceptors (Lipinski definition) is 4. The predicted molar refractivity (Wildman–Crippen MR) is 79.5 cm³/mol.